The van der Waals surface area contributed by atoms with E-state index >= 15 is 0 Å². The van der Waals surface area contributed by atoms with Crippen molar-refractivity contribution in [1.29, 1.82) is 0 Å². The van der Waals surface area contributed by atoms with Gasteiger partial charge in [0.25, 0.3) is 0 Å². The number of hydrogen-bond acceptors (Lipinski definition) is 6. The molecule has 5 aromatic rings. The molecule has 6 rings (SSSR count). The van der Waals surface area contributed by atoms with Crippen LogP contribution >= 0.6 is 0 Å². The van der Waals surface area contributed by atoms with Crippen molar-refractivity contribution >= 4 is 67.4 Å². The van der Waals surface area contributed by atoms with Crippen molar-refractivity contribution in [2.45, 2.75) is 13.8 Å². The summed E-state index contributed by atoms with van der Waals surface area (Å²) < 4.78 is 0. The molecule has 0 aliphatic carbocycles. The van der Waals surface area contributed by atoms with Crippen LogP contribution in [0.1, 0.15) is 36.6 Å². The number of nitrogens with one attached hydrogen (secondary N) is 1. The topological polar surface area (TPSA) is 107 Å². The van der Waals surface area contributed by atoms with Gasteiger partial charge in [0.15, 0.2) is 11.3 Å². The molecule has 0 fully saturated rings. The van der Waals surface area contributed by atoms with Gasteiger partial charge < -0.3 is 19.9 Å². The van der Waals surface area contributed by atoms with E-state index in [1.807, 2.05) is 86.7 Å². The normalized spacial score (nSPS) is 12.8. The van der Waals surface area contributed by atoms with Crippen LogP contribution < -0.4 is 10.5 Å². The van der Waals surface area contributed by atoms with E-state index in [0.29, 0.717) is 39.7 Å². The largest absolute Gasteiger partial charge is 0.368 e. The summed E-state index contributed by atoms with van der Waals surface area (Å²) in [5.41, 5.74) is 5.93. The standard InChI is InChI=1S/C35H29N8.Fe/c1-6-14-25-22(8-3)31-39-30(25)37-20-21-16-10-11-17-24(21)29(36-5)38-34-27-18-12-13-19-28(27)35(43-34)42-33-26(15-7-2)23(9-4)32(40-31)41-33;/h6-20H,3-4H2,1-2,5H3,(H-,36,37,38,39,40,41,42,43);/q-1;/b14-6-,15-7-;. The Kier molecular flexibility index (Phi) is 8.90. The molecule has 1 aliphatic rings. The fourth-order valence-corrected chi connectivity index (χ4v) is 5.15. The van der Waals surface area contributed by atoms with Crippen LogP contribution in [0, 0.1) is 0 Å². The van der Waals surface area contributed by atoms with Crippen molar-refractivity contribution in [1.82, 2.24) is 34.9 Å². The smallest absolute Gasteiger partial charge is 0.163 e. The fourth-order valence-electron chi connectivity index (χ4n) is 5.15. The van der Waals surface area contributed by atoms with Crippen LogP contribution in [0.15, 0.2) is 97.2 Å². The number of allylic oxidation sites excluding steroid dienone is 6. The van der Waals surface area contributed by atoms with Gasteiger partial charge in [-0.2, -0.15) is 0 Å². The zero-order chi connectivity index (χ0) is 29.9. The van der Waals surface area contributed by atoms with Gasteiger partial charge in [0.2, 0.25) is 0 Å². The van der Waals surface area contributed by atoms with E-state index in [1.165, 1.54) is 0 Å². The Balaban J connectivity index is 0.00000384. The summed E-state index contributed by atoms with van der Waals surface area (Å²) in [7, 11) is 1.73. The first-order chi connectivity index (χ1) is 21.1. The van der Waals surface area contributed by atoms with Crippen LogP contribution in [-0.4, -0.2) is 37.0 Å². The summed E-state index contributed by atoms with van der Waals surface area (Å²) in [6.45, 7) is 12.0. The Labute approximate surface area is 265 Å². The summed E-state index contributed by atoms with van der Waals surface area (Å²) in [4.78, 5) is 37.4. The van der Waals surface area contributed by atoms with Gasteiger partial charge in [-0.25, -0.2) is 15.0 Å². The van der Waals surface area contributed by atoms with Crippen LogP contribution in [-0.2, 0) is 17.1 Å². The molecule has 1 N–H and O–H groups in total. The maximum Gasteiger partial charge on any atom is 0.163 e. The predicted octanol–water partition coefficient (Wildman–Crippen LogP) is 7.00. The van der Waals surface area contributed by atoms with Crippen molar-refractivity contribution in [3.8, 4) is 0 Å². The summed E-state index contributed by atoms with van der Waals surface area (Å²) in [6, 6.07) is 15.9. The average molecular weight is 618 g/mol. The molecule has 44 heavy (non-hydrogen) atoms. The minimum Gasteiger partial charge on any atom is -0.368 e. The molecule has 6 bridgehead atoms. The number of H-pyrrole nitrogens is 1. The number of rotatable bonds is 4. The third kappa shape index (κ3) is 5.35. The summed E-state index contributed by atoms with van der Waals surface area (Å²) in [5.74, 6) is 0.962. The first kappa shape index (κ1) is 30.2. The van der Waals surface area contributed by atoms with E-state index in [9.17, 15) is 0 Å². The number of hydrogen-bond donors (Lipinski definition) is 1. The van der Waals surface area contributed by atoms with Gasteiger partial charge in [-0.1, -0.05) is 98.1 Å². The maximum atomic E-state index is 5.01. The zero-order valence-corrected chi connectivity index (χ0v) is 25.7. The molecule has 8 nitrogen and oxygen atoms in total. The Bertz CT molecular complexity index is 2270. The molecular weight excluding hydrogens is 588 g/mol. The quantitative estimate of drug-likeness (QED) is 0.218. The van der Waals surface area contributed by atoms with Crippen LogP contribution in [0.2, 0.25) is 0 Å². The summed E-state index contributed by atoms with van der Waals surface area (Å²) >= 11 is 0. The molecule has 2 aromatic carbocycles. The van der Waals surface area contributed by atoms with E-state index in [4.69, 9.17) is 29.9 Å². The third-order valence-corrected chi connectivity index (χ3v) is 7.10. The van der Waals surface area contributed by atoms with Gasteiger partial charge >= 0.3 is 0 Å². The van der Waals surface area contributed by atoms with Gasteiger partial charge in [-0.3, -0.25) is 4.99 Å². The fraction of sp³-hybridized carbons (Fsp3) is 0.0857. The van der Waals surface area contributed by atoms with Gasteiger partial charge in [-0.05, 0) is 36.6 Å². The van der Waals surface area contributed by atoms with E-state index in [1.54, 1.807) is 25.4 Å². The second-order valence-electron chi connectivity index (χ2n) is 9.68. The third-order valence-electron chi connectivity index (χ3n) is 7.10. The maximum absolute atomic E-state index is 5.01. The van der Waals surface area contributed by atoms with Gasteiger partial charge in [0, 0.05) is 62.7 Å². The molecule has 0 amide bonds. The Morgan fingerprint density at radius 3 is 2.05 bits per heavy atom. The predicted molar refractivity (Wildman–Crippen MR) is 176 cm³/mol. The molecule has 1 aliphatic heterocycles. The average Bonchev–Trinajstić information content (AvgIpc) is 3.66. The molecule has 0 radical (unpaired) electrons. The zero-order valence-electron chi connectivity index (χ0n) is 24.6. The molecule has 9 heteroatoms. The Morgan fingerprint density at radius 2 is 1.39 bits per heavy atom. The van der Waals surface area contributed by atoms with Crippen LogP contribution in [0.5, 0.6) is 0 Å². The minimum absolute atomic E-state index is 0. The molecule has 0 atom stereocenters. The number of benzene rings is 2. The van der Waals surface area contributed by atoms with Crippen LogP contribution in [0.3, 0.4) is 0 Å². The van der Waals surface area contributed by atoms with E-state index in [2.05, 4.69) is 23.1 Å². The molecule has 4 heterocycles. The first-order valence-electron chi connectivity index (χ1n) is 13.9. The molecule has 0 saturated heterocycles. The molecule has 218 valence electrons. The molecule has 0 saturated carbocycles. The molecular formula is C35H29FeN8-. The van der Waals surface area contributed by atoms with Crippen molar-refractivity contribution in [3.05, 3.63) is 120 Å². The van der Waals surface area contributed by atoms with Gasteiger partial charge in [-0.15, -0.1) is 0 Å². The van der Waals surface area contributed by atoms with Gasteiger partial charge in [0.05, 0.1) is 5.82 Å². The second-order valence-corrected chi connectivity index (χ2v) is 9.68. The van der Waals surface area contributed by atoms with Gasteiger partial charge in [0.1, 0.15) is 11.3 Å². The number of fused-ring (bicyclic) bond motifs is 10. The van der Waals surface area contributed by atoms with Crippen molar-refractivity contribution < 1.29 is 17.1 Å². The number of nitrogens with zero attached hydrogens (tertiary/aromatic N) is 7. The van der Waals surface area contributed by atoms with E-state index in [-0.39, 0.29) is 17.1 Å². The number of aromatic amines is 1. The molecule has 0 unspecified atom stereocenters. The first-order valence-corrected chi connectivity index (χ1v) is 13.9. The molecule has 3 aromatic heterocycles. The number of aromatic nitrogens is 7. The minimum atomic E-state index is 0. The van der Waals surface area contributed by atoms with Crippen molar-refractivity contribution in [2.75, 3.05) is 7.05 Å². The van der Waals surface area contributed by atoms with Crippen LogP contribution in [0.25, 0.3) is 67.4 Å². The second kappa shape index (κ2) is 13.0. The van der Waals surface area contributed by atoms with Crippen LogP contribution in [0.4, 0.5) is 0 Å². The van der Waals surface area contributed by atoms with Crippen molar-refractivity contribution in [3.63, 3.8) is 0 Å². The van der Waals surface area contributed by atoms with E-state index in [0.717, 1.165) is 43.8 Å². The monoisotopic (exact) mass is 617 g/mol. The van der Waals surface area contributed by atoms with Crippen molar-refractivity contribution in [2.24, 2.45) is 4.99 Å². The summed E-state index contributed by atoms with van der Waals surface area (Å²) in [6.07, 6.45) is 13.1. The van der Waals surface area contributed by atoms with E-state index < -0.39 is 0 Å². The Morgan fingerprint density at radius 1 is 0.727 bits per heavy atom. The Hall–Kier alpha value is -5.24. The SMILES string of the molecule is C=CC1=C(/C=C\C)c2nc1nc1[n-]c(ncc3ccccc3c(=NC)nc3[nH]c(n2)c2ccccc32)c(/C=C\C)c1C=C.[Fe]. The summed E-state index contributed by atoms with van der Waals surface area (Å²) in [5, 5.41) is 3.50. The molecule has 0 spiro atoms.